The molecular weight excluding hydrogens is 650 g/mol. The van der Waals surface area contributed by atoms with Gasteiger partial charge in [0.1, 0.15) is 29.8 Å². The molecule has 6 rings (SSSR count). The molecule has 0 unspecified atom stereocenters. The van der Waals surface area contributed by atoms with Crippen molar-refractivity contribution < 1.29 is 43.5 Å². The number of hydrogen-bond donors (Lipinski definition) is 3. The zero-order chi connectivity index (χ0) is 36.5. The Kier molecular flexibility index (Phi) is 11.4. The highest BCUT2D eigenvalue weighted by Gasteiger charge is 2.60. The molecule has 51 heavy (non-hydrogen) atoms. The largest absolute Gasteiger partial charge is 0.462 e. The van der Waals surface area contributed by atoms with Crippen molar-refractivity contribution in [3.63, 3.8) is 0 Å². The number of benzene rings is 1. The number of anilines is 1. The van der Waals surface area contributed by atoms with Crippen molar-refractivity contribution in [1.29, 1.82) is 0 Å². The number of amides is 1. The van der Waals surface area contributed by atoms with Crippen molar-refractivity contribution in [3.05, 3.63) is 76.9 Å². The van der Waals surface area contributed by atoms with Crippen molar-refractivity contribution >= 4 is 17.6 Å². The zero-order valence-corrected chi connectivity index (χ0v) is 30.8. The summed E-state index contributed by atoms with van der Waals surface area (Å²) in [6, 6.07) is 7.61. The third kappa shape index (κ3) is 7.97. The van der Waals surface area contributed by atoms with Crippen LogP contribution < -0.4 is 5.32 Å². The minimum atomic E-state index is -1.78. The van der Waals surface area contributed by atoms with E-state index in [1.54, 1.807) is 19.1 Å². The second kappa shape index (κ2) is 15.5. The molecule has 3 saturated heterocycles. The van der Waals surface area contributed by atoms with E-state index in [1.807, 2.05) is 36.4 Å². The predicted molar refractivity (Wildman–Crippen MR) is 192 cm³/mol. The highest BCUT2D eigenvalue weighted by molar-refractivity contribution is 5.88. The maximum atomic E-state index is 14.1. The van der Waals surface area contributed by atoms with Crippen LogP contribution in [0.1, 0.15) is 85.6 Å². The Morgan fingerprint density at radius 1 is 1.10 bits per heavy atom. The summed E-state index contributed by atoms with van der Waals surface area (Å²) < 4.78 is 32.5. The van der Waals surface area contributed by atoms with Gasteiger partial charge in [-0.2, -0.15) is 0 Å². The smallest absolute Gasteiger partial charge is 0.316 e. The Labute approximate surface area is 301 Å². The molecule has 4 heterocycles. The molecule has 4 aliphatic heterocycles. The molecule has 278 valence electrons. The molecule has 10 heteroatoms. The third-order valence-corrected chi connectivity index (χ3v) is 11.4. The normalized spacial score (nSPS) is 41.3. The van der Waals surface area contributed by atoms with Gasteiger partial charge >= 0.3 is 5.97 Å². The van der Waals surface area contributed by atoms with Crippen LogP contribution in [0.15, 0.2) is 71.4 Å². The summed E-state index contributed by atoms with van der Waals surface area (Å²) >= 11 is 0. The molecule has 1 aromatic rings. The lowest BCUT2D eigenvalue weighted by atomic mass is 9.71. The summed E-state index contributed by atoms with van der Waals surface area (Å²) in [6.45, 7) is 12.2. The van der Waals surface area contributed by atoms with E-state index in [1.165, 1.54) is 6.92 Å². The summed E-state index contributed by atoms with van der Waals surface area (Å²) in [5.74, 6) is -2.27. The van der Waals surface area contributed by atoms with Gasteiger partial charge in [0, 0.05) is 37.8 Å². The molecule has 11 atom stereocenters. The molecule has 10 nitrogen and oxygen atoms in total. The average molecular weight is 706 g/mol. The van der Waals surface area contributed by atoms with Crippen LogP contribution in [-0.4, -0.2) is 76.7 Å². The molecule has 1 amide bonds. The lowest BCUT2D eigenvalue weighted by Gasteiger charge is -2.50. The molecule has 0 radical (unpaired) electrons. The van der Waals surface area contributed by atoms with Crippen LogP contribution in [0, 0.1) is 17.8 Å². The van der Waals surface area contributed by atoms with Crippen molar-refractivity contribution in [2.45, 2.75) is 135 Å². The number of aliphatic hydroxyl groups is 2. The highest BCUT2D eigenvalue weighted by Crippen LogP contribution is 2.47. The molecule has 1 spiro atoms. The summed E-state index contributed by atoms with van der Waals surface area (Å²) in [4.78, 5) is 25.6. The van der Waals surface area contributed by atoms with Crippen LogP contribution in [0.5, 0.6) is 0 Å². The Hall–Kier alpha value is -3.12. The van der Waals surface area contributed by atoms with E-state index >= 15 is 0 Å². The van der Waals surface area contributed by atoms with Crippen LogP contribution in [0.25, 0.3) is 0 Å². The minimum Gasteiger partial charge on any atom is -0.462 e. The predicted octanol–water partition coefficient (Wildman–Crippen LogP) is 6.08. The second-order valence-corrected chi connectivity index (χ2v) is 15.3. The van der Waals surface area contributed by atoms with E-state index in [9.17, 15) is 19.8 Å². The minimum absolute atomic E-state index is 0.0388. The lowest BCUT2D eigenvalue weighted by molar-refractivity contribution is -0.335. The van der Waals surface area contributed by atoms with Gasteiger partial charge in [0.25, 0.3) is 0 Å². The van der Waals surface area contributed by atoms with Crippen LogP contribution in [0.3, 0.4) is 0 Å². The number of fused-ring (bicyclic) bond motifs is 2. The van der Waals surface area contributed by atoms with Gasteiger partial charge in [0.15, 0.2) is 5.79 Å². The molecule has 3 fully saturated rings. The quantitative estimate of drug-likeness (QED) is 0.246. The first-order chi connectivity index (χ1) is 24.3. The molecular formula is C41H55NO9. The highest BCUT2D eigenvalue weighted by atomic mass is 16.7. The van der Waals surface area contributed by atoms with Crippen molar-refractivity contribution in [2.24, 2.45) is 17.8 Å². The van der Waals surface area contributed by atoms with Gasteiger partial charge in [-0.15, -0.1) is 0 Å². The second-order valence-electron chi connectivity index (χ2n) is 15.3. The summed E-state index contributed by atoms with van der Waals surface area (Å²) in [7, 11) is 0. The maximum absolute atomic E-state index is 14.1. The SMILES string of the molecule is CC[C@H]1O[C@]2(CC[C@@H]1C)C[C@@H]1C[C@@H](C/C=C(\C)[C@H](OCc3ccc(NC(C)=O)cc3)[C@@H](C)/C=C/C=C3\CO[C@H]4[C@H](O)C(C)=C[C@@H](C(=O)O1)[C@]34O)O2. The van der Waals surface area contributed by atoms with E-state index < -0.39 is 41.6 Å². The number of carbonyl (C=O) groups excluding carboxylic acids is 2. The molecule has 0 aromatic heterocycles. The zero-order valence-electron chi connectivity index (χ0n) is 30.8. The maximum Gasteiger partial charge on any atom is 0.316 e. The molecule has 1 aromatic carbocycles. The first kappa shape index (κ1) is 37.6. The molecule has 1 aliphatic carbocycles. The number of carbonyl (C=O) groups is 2. The first-order valence-corrected chi connectivity index (χ1v) is 18.6. The van der Waals surface area contributed by atoms with E-state index in [4.69, 9.17) is 23.7 Å². The van der Waals surface area contributed by atoms with Gasteiger partial charge in [-0.05, 0) is 73.4 Å². The number of nitrogens with one attached hydrogen (secondary N) is 1. The third-order valence-electron chi connectivity index (χ3n) is 11.4. The van der Waals surface area contributed by atoms with E-state index in [2.05, 4.69) is 39.1 Å². The number of esters is 1. The fourth-order valence-corrected chi connectivity index (χ4v) is 8.53. The van der Waals surface area contributed by atoms with Crippen LogP contribution in [-0.2, 0) is 39.9 Å². The van der Waals surface area contributed by atoms with Gasteiger partial charge < -0.3 is 39.2 Å². The number of hydrogen-bond acceptors (Lipinski definition) is 9. The van der Waals surface area contributed by atoms with Gasteiger partial charge in [-0.1, -0.05) is 63.3 Å². The van der Waals surface area contributed by atoms with Crippen molar-refractivity contribution in [2.75, 3.05) is 11.9 Å². The van der Waals surface area contributed by atoms with Gasteiger partial charge in [0.2, 0.25) is 5.91 Å². The van der Waals surface area contributed by atoms with E-state index in [0.29, 0.717) is 49.4 Å². The lowest BCUT2D eigenvalue weighted by Crippen LogP contribution is -2.58. The summed E-state index contributed by atoms with van der Waals surface area (Å²) in [6.07, 6.45) is 10.4. The first-order valence-electron chi connectivity index (χ1n) is 18.6. The van der Waals surface area contributed by atoms with Crippen LogP contribution in [0.2, 0.25) is 0 Å². The topological polar surface area (TPSA) is 133 Å². The fraction of sp³-hybridized carbons (Fsp3) is 0.610. The number of ether oxygens (including phenoxy) is 5. The fourth-order valence-electron chi connectivity index (χ4n) is 8.53. The van der Waals surface area contributed by atoms with Crippen LogP contribution >= 0.6 is 0 Å². The van der Waals surface area contributed by atoms with E-state index in [-0.39, 0.29) is 36.7 Å². The average Bonchev–Trinajstić information content (AvgIpc) is 3.43. The Morgan fingerprint density at radius 3 is 2.59 bits per heavy atom. The molecule has 0 saturated carbocycles. The number of aliphatic hydroxyl groups excluding tert-OH is 1. The summed E-state index contributed by atoms with van der Waals surface area (Å²) in [5.41, 5.74) is 2.04. The molecule has 3 N–H and O–H groups in total. The summed E-state index contributed by atoms with van der Waals surface area (Å²) in [5, 5.41) is 26.2. The Balaban J connectivity index is 1.34. The molecule has 5 aliphatic rings. The Bertz CT molecular complexity index is 1560. The van der Waals surface area contributed by atoms with Gasteiger partial charge in [0.05, 0.1) is 31.5 Å². The van der Waals surface area contributed by atoms with Gasteiger partial charge in [-0.25, -0.2) is 0 Å². The number of allylic oxidation sites excluding steroid dienone is 2. The number of rotatable bonds is 5. The Morgan fingerprint density at radius 2 is 1.86 bits per heavy atom. The standard InChI is InChI=1S/C41H55NO9/c1-7-35-24(2)17-18-40(51-35)21-33-20-32(50-40)16-11-26(4)37(47-22-29-12-14-31(15-13-29)42-28(6)43)25(3)9-8-10-30-23-48-38-36(44)27(5)19-34(39(45)49-33)41(30,38)46/h8-15,19,24-25,32-38,44,46H,7,16-18,20-23H2,1-6H3,(H,42,43)/b9-8+,26-11+,30-10+/t24-,25-,32+,33-,34-,35+,36+,37+,38-,40+,41+/m0/s1. The van der Waals surface area contributed by atoms with Gasteiger partial charge in [-0.3, -0.25) is 9.59 Å². The monoisotopic (exact) mass is 705 g/mol. The van der Waals surface area contributed by atoms with E-state index in [0.717, 1.165) is 29.7 Å². The molecule has 2 bridgehead atoms. The van der Waals surface area contributed by atoms with Crippen molar-refractivity contribution in [1.82, 2.24) is 0 Å². The van der Waals surface area contributed by atoms with Crippen molar-refractivity contribution in [3.8, 4) is 0 Å². The van der Waals surface area contributed by atoms with Crippen LogP contribution in [0.4, 0.5) is 5.69 Å².